The summed E-state index contributed by atoms with van der Waals surface area (Å²) >= 11 is 0. The molecule has 680 valence electrons. The summed E-state index contributed by atoms with van der Waals surface area (Å²) in [5.41, 5.74) is 36.7. The van der Waals surface area contributed by atoms with Gasteiger partial charge in [0.1, 0.15) is 11.2 Å². The lowest BCUT2D eigenvalue weighted by Gasteiger charge is -2.29. The molecule has 4 aromatic heterocycles. The Balaban J connectivity index is 0.000000109. The Morgan fingerprint density at radius 1 is 0.145 bits per heavy atom. The molecule has 7 heteroatoms. The van der Waals surface area contributed by atoms with Gasteiger partial charge in [0.15, 0.2) is 0 Å². The molecule has 7 nitrogen and oxygen atoms in total. The lowest BCUT2D eigenvalue weighted by Crippen LogP contribution is -2.11. The van der Waals surface area contributed by atoms with Crippen LogP contribution in [0.2, 0.25) is 0 Å². The molecule has 0 saturated carbocycles. The van der Waals surface area contributed by atoms with Crippen LogP contribution in [0.3, 0.4) is 0 Å². The van der Waals surface area contributed by atoms with Crippen LogP contribution in [0, 0.1) is 0 Å². The van der Waals surface area contributed by atoms with E-state index in [9.17, 15) is 0 Å². The SMILES string of the molecule is c1ccc(-c2ccc(N(c3ccc(-c4ccccc4)cc3)c3ccccc3-c3ccccc3-n3c4cccc5ccc6cccc3c6c54)cc2)cc1.c1ccc(-c2ccc(N(c3cccc(-c4ccccc4-n4c5cccc6ccc7cccc4c7c65)c3)c3ccc4c(c3)oc3ccccc34)cc2)cc1.c1ccc(N(c2ccccc2)c2ccccc2-c2ccccc2-n2c3cccc4ccc5cccc2c5c43)cc1. The molecule has 0 bridgehead atoms. The van der Waals surface area contributed by atoms with E-state index < -0.39 is 0 Å². The standard InChI is InChI=1S/C50H32N2O.C50H34N2.C38H26N2/c1-2-11-33(12-3-1)34-25-27-38(28-26-34)51(40-29-30-43-42-18-5-7-22-47(42)53-48(43)32-40)39-16-8-15-37(31-39)41-17-4-6-19-44(41)52-45-20-9-13-35-23-24-36-14-10-21-46(52)50(36)49(35)45;1-3-13-35(14-4-1)37-27-31-41(32-28-37)51(42-33-29-38(30-34-42)36-15-5-2-6-16-36)45-21-9-7-19-43(45)44-20-8-10-22-46(44)52-47-23-11-17-39-25-26-40-18-12-24-48(52)50(40)49(39)47;1-3-15-29(16-4-1)39(30-17-5-2-6-18-30)33-21-9-7-19-31(33)32-20-8-10-22-34(32)40-35-23-11-13-27-25-26-28-14-12-24-36(40)38(28)37(27)35/h1-32H;1-34H;1-26H. The molecule has 0 fully saturated rings. The number of benzene rings is 25. The second-order valence-corrected chi connectivity index (χ2v) is 37.3. The fraction of sp³-hybridized carbons (Fsp3) is 0. The smallest absolute Gasteiger partial charge is 0.137 e. The van der Waals surface area contributed by atoms with E-state index in [1.165, 1.54) is 159 Å². The summed E-state index contributed by atoms with van der Waals surface area (Å²) in [6, 6.07) is 201. The van der Waals surface area contributed by atoms with Crippen molar-refractivity contribution in [3.8, 4) is 83.8 Å². The summed E-state index contributed by atoms with van der Waals surface area (Å²) in [6.07, 6.45) is 0. The third kappa shape index (κ3) is 14.9. The van der Waals surface area contributed by atoms with Gasteiger partial charge in [-0.1, -0.05) is 394 Å². The first-order valence-corrected chi connectivity index (χ1v) is 49.7. The van der Waals surface area contributed by atoms with Crippen LogP contribution in [0.5, 0.6) is 0 Å². The summed E-state index contributed by atoms with van der Waals surface area (Å²) in [4.78, 5) is 7.09. The van der Waals surface area contributed by atoms with E-state index in [1.807, 2.05) is 12.1 Å². The van der Waals surface area contributed by atoms with Gasteiger partial charge in [0, 0.05) is 117 Å². The Labute approximate surface area is 839 Å². The molecule has 0 unspecified atom stereocenters. The van der Waals surface area contributed by atoms with Gasteiger partial charge in [-0.25, -0.2) is 0 Å². The molecule has 0 aliphatic rings. The van der Waals surface area contributed by atoms with Gasteiger partial charge in [-0.15, -0.1) is 0 Å². The Bertz CT molecular complexity index is 9490. The van der Waals surface area contributed by atoms with Crippen molar-refractivity contribution in [3.05, 3.63) is 558 Å². The molecule has 0 saturated heterocycles. The fourth-order valence-electron chi connectivity index (χ4n) is 22.6. The third-order valence-corrected chi connectivity index (χ3v) is 29.0. The van der Waals surface area contributed by atoms with Gasteiger partial charge in [-0.3, -0.25) is 0 Å². The second kappa shape index (κ2) is 36.1. The van der Waals surface area contributed by atoms with E-state index >= 15 is 0 Å². The first kappa shape index (κ1) is 84.9. The quantitative estimate of drug-likeness (QED) is 0.0803. The summed E-state index contributed by atoms with van der Waals surface area (Å²) < 4.78 is 13.8. The number of para-hydroxylation sites is 8. The van der Waals surface area contributed by atoms with Crippen LogP contribution in [-0.4, -0.2) is 13.7 Å². The fourth-order valence-corrected chi connectivity index (χ4v) is 22.6. The third-order valence-electron chi connectivity index (χ3n) is 29.0. The van der Waals surface area contributed by atoms with Crippen molar-refractivity contribution in [3.63, 3.8) is 0 Å². The van der Waals surface area contributed by atoms with Gasteiger partial charge in [-0.05, 0) is 229 Å². The molecular formula is C138H92N6O. The first-order chi connectivity index (χ1) is 72.0. The molecule has 25 aromatic carbocycles. The van der Waals surface area contributed by atoms with Gasteiger partial charge < -0.3 is 32.8 Å². The number of furan rings is 1. The average molecular weight is 1850 g/mol. The van der Waals surface area contributed by atoms with Crippen molar-refractivity contribution in [1.82, 2.24) is 13.7 Å². The predicted octanol–water partition coefficient (Wildman–Crippen LogP) is 38.4. The maximum atomic E-state index is 6.40. The normalized spacial score (nSPS) is 11.6. The monoisotopic (exact) mass is 1850 g/mol. The molecular weight excluding hydrogens is 1760 g/mol. The lowest BCUT2D eigenvalue weighted by atomic mass is 9.98. The first-order valence-electron chi connectivity index (χ1n) is 49.7. The van der Waals surface area contributed by atoms with Gasteiger partial charge in [0.25, 0.3) is 0 Å². The zero-order chi connectivity index (χ0) is 95.8. The Kier molecular flexibility index (Phi) is 21.2. The second-order valence-electron chi connectivity index (χ2n) is 37.3. The van der Waals surface area contributed by atoms with E-state index in [1.54, 1.807) is 0 Å². The van der Waals surface area contributed by atoms with Crippen LogP contribution in [0.15, 0.2) is 563 Å². The van der Waals surface area contributed by atoms with Gasteiger partial charge in [0.2, 0.25) is 0 Å². The Hall–Kier alpha value is -19.3. The maximum absolute atomic E-state index is 6.40. The van der Waals surface area contributed by atoms with E-state index in [0.717, 1.165) is 95.6 Å². The average Bonchev–Trinajstić information content (AvgIpc) is 1.57. The summed E-state index contributed by atoms with van der Waals surface area (Å²) in [7, 11) is 0. The number of fused-ring (bicyclic) bond motifs is 3. The zero-order valence-corrected chi connectivity index (χ0v) is 79.2. The molecule has 4 heterocycles. The highest BCUT2D eigenvalue weighted by Gasteiger charge is 2.28. The molecule has 0 spiro atoms. The van der Waals surface area contributed by atoms with Crippen molar-refractivity contribution >= 4 is 171 Å². The Morgan fingerprint density at radius 3 is 0.779 bits per heavy atom. The molecule has 0 aliphatic heterocycles. The number of nitrogens with zero attached hydrogens (tertiary/aromatic N) is 6. The number of anilines is 9. The minimum absolute atomic E-state index is 0.869. The zero-order valence-electron chi connectivity index (χ0n) is 79.2. The maximum Gasteiger partial charge on any atom is 0.137 e. The van der Waals surface area contributed by atoms with E-state index in [-0.39, 0.29) is 0 Å². The summed E-state index contributed by atoms with van der Waals surface area (Å²) in [6.45, 7) is 0. The number of hydrogen-bond donors (Lipinski definition) is 0. The van der Waals surface area contributed by atoms with E-state index in [0.29, 0.717) is 0 Å². The van der Waals surface area contributed by atoms with Crippen molar-refractivity contribution < 1.29 is 4.42 Å². The molecule has 0 atom stereocenters. The minimum atomic E-state index is 0.869. The largest absolute Gasteiger partial charge is 0.456 e. The van der Waals surface area contributed by atoms with Gasteiger partial charge in [-0.2, -0.15) is 0 Å². The molecule has 0 radical (unpaired) electrons. The van der Waals surface area contributed by atoms with Gasteiger partial charge in [0.05, 0.1) is 61.5 Å². The highest BCUT2D eigenvalue weighted by Crippen LogP contribution is 2.52. The molecule has 145 heavy (non-hydrogen) atoms. The highest BCUT2D eigenvalue weighted by atomic mass is 16.3. The van der Waals surface area contributed by atoms with Gasteiger partial charge >= 0.3 is 0 Å². The molecule has 29 aromatic rings. The number of aromatic nitrogens is 3. The number of hydrogen-bond acceptors (Lipinski definition) is 4. The molecule has 0 N–H and O–H groups in total. The van der Waals surface area contributed by atoms with Crippen LogP contribution < -0.4 is 14.7 Å². The minimum Gasteiger partial charge on any atom is -0.456 e. The Morgan fingerprint density at radius 2 is 0.400 bits per heavy atom. The lowest BCUT2D eigenvalue weighted by molar-refractivity contribution is 0.669. The van der Waals surface area contributed by atoms with Crippen LogP contribution in [-0.2, 0) is 0 Å². The van der Waals surface area contributed by atoms with E-state index in [4.69, 9.17) is 4.42 Å². The van der Waals surface area contributed by atoms with E-state index in [2.05, 4.69) is 574 Å². The van der Waals surface area contributed by atoms with Crippen LogP contribution in [0.25, 0.3) is 203 Å². The van der Waals surface area contributed by atoms with Crippen molar-refractivity contribution in [2.24, 2.45) is 0 Å². The van der Waals surface area contributed by atoms with Crippen molar-refractivity contribution in [2.75, 3.05) is 14.7 Å². The predicted molar refractivity (Wildman–Crippen MR) is 612 cm³/mol. The van der Waals surface area contributed by atoms with Crippen LogP contribution >= 0.6 is 0 Å². The summed E-state index contributed by atoms with van der Waals surface area (Å²) in [5, 5.41) is 17.8. The molecule has 29 rings (SSSR count). The van der Waals surface area contributed by atoms with Crippen LogP contribution in [0.4, 0.5) is 51.2 Å². The molecule has 0 amide bonds. The highest BCUT2D eigenvalue weighted by molar-refractivity contribution is 6.27. The van der Waals surface area contributed by atoms with Crippen LogP contribution in [0.1, 0.15) is 0 Å². The van der Waals surface area contributed by atoms with Crippen molar-refractivity contribution in [2.45, 2.75) is 0 Å². The summed E-state index contributed by atoms with van der Waals surface area (Å²) in [5.74, 6) is 0. The molecule has 0 aliphatic carbocycles. The number of rotatable bonds is 18. The van der Waals surface area contributed by atoms with Crippen molar-refractivity contribution in [1.29, 1.82) is 0 Å². The topological polar surface area (TPSA) is 37.6 Å².